The van der Waals surface area contributed by atoms with E-state index in [2.05, 4.69) is 5.32 Å². The van der Waals surface area contributed by atoms with Gasteiger partial charge in [-0.15, -0.1) is 0 Å². The molecule has 1 amide bonds. The lowest BCUT2D eigenvalue weighted by Gasteiger charge is -2.15. The molecule has 0 fully saturated rings. The number of carboxylic acid groups (broad SMARTS) is 1. The van der Waals surface area contributed by atoms with Gasteiger partial charge >= 0.3 is 5.97 Å². The summed E-state index contributed by atoms with van der Waals surface area (Å²) in [6, 6.07) is 3.71. The maximum Gasteiger partial charge on any atom is 0.326 e. The fourth-order valence-corrected chi connectivity index (χ4v) is 2.73. The predicted molar refractivity (Wildman–Crippen MR) is 89.1 cm³/mol. The standard InChI is InChI=1S/C14H17Cl2NO4S/c1-2-22-6-5-11(14(19)20)17-13(18)8-21-12-4-3-9(15)7-10(12)16/h3-4,7,11H,2,5-6,8H2,1H3,(H,17,18)(H,19,20). The number of carbonyl (C=O) groups excluding carboxylic acids is 1. The van der Waals surface area contributed by atoms with Crippen molar-refractivity contribution in [3.8, 4) is 5.75 Å². The molecule has 1 aromatic rings. The summed E-state index contributed by atoms with van der Waals surface area (Å²) in [4.78, 5) is 22.9. The Bertz CT molecular complexity index is 528. The van der Waals surface area contributed by atoms with Gasteiger partial charge in [0.2, 0.25) is 0 Å². The number of amides is 1. The van der Waals surface area contributed by atoms with Crippen LogP contribution < -0.4 is 10.1 Å². The molecule has 5 nitrogen and oxygen atoms in total. The van der Waals surface area contributed by atoms with Crippen LogP contribution in [0.5, 0.6) is 5.75 Å². The zero-order valence-electron chi connectivity index (χ0n) is 12.0. The summed E-state index contributed by atoms with van der Waals surface area (Å²) < 4.78 is 5.26. The number of hydrogen-bond acceptors (Lipinski definition) is 4. The topological polar surface area (TPSA) is 75.6 Å². The highest BCUT2D eigenvalue weighted by Gasteiger charge is 2.19. The predicted octanol–water partition coefficient (Wildman–Crippen LogP) is 3.08. The number of carboxylic acids is 1. The minimum atomic E-state index is -1.06. The van der Waals surface area contributed by atoms with Gasteiger partial charge in [-0.2, -0.15) is 11.8 Å². The van der Waals surface area contributed by atoms with E-state index in [-0.39, 0.29) is 11.6 Å². The average molecular weight is 366 g/mol. The third-order valence-corrected chi connectivity index (χ3v) is 4.10. The summed E-state index contributed by atoms with van der Waals surface area (Å²) in [6.07, 6.45) is 0.362. The van der Waals surface area contributed by atoms with Crippen molar-refractivity contribution in [2.24, 2.45) is 0 Å². The molecule has 22 heavy (non-hydrogen) atoms. The number of ether oxygens (including phenoxy) is 1. The van der Waals surface area contributed by atoms with Gasteiger partial charge in [0, 0.05) is 5.02 Å². The van der Waals surface area contributed by atoms with E-state index in [0.29, 0.717) is 22.9 Å². The smallest absolute Gasteiger partial charge is 0.326 e. The Morgan fingerprint density at radius 3 is 2.73 bits per heavy atom. The monoisotopic (exact) mass is 365 g/mol. The van der Waals surface area contributed by atoms with Crippen LogP contribution in [0, 0.1) is 0 Å². The van der Waals surface area contributed by atoms with Gasteiger partial charge in [0.1, 0.15) is 11.8 Å². The number of aliphatic carboxylic acids is 1. The summed E-state index contributed by atoms with van der Waals surface area (Å²) in [6.45, 7) is 1.68. The molecular formula is C14H17Cl2NO4S. The Hall–Kier alpha value is -1.11. The first kappa shape index (κ1) is 18.9. The zero-order chi connectivity index (χ0) is 16.5. The van der Waals surface area contributed by atoms with Crippen LogP contribution in [0.4, 0.5) is 0 Å². The number of carbonyl (C=O) groups is 2. The van der Waals surface area contributed by atoms with Gasteiger partial charge in [0.05, 0.1) is 5.02 Å². The van der Waals surface area contributed by atoms with Gasteiger partial charge < -0.3 is 15.2 Å². The maximum absolute atomic E-state index is 11.8. The zero-order valence-corrected chi connectivity index (χ0v) is 14.3. The third-order valence-electron chi connectivity index (χ3n) is 2.64. The first-order valence-corrected chi connectivity index (χ1v) is 8.52. The largest absolute Gasteiger partial charge is 0.482 e. The van der Waals surface area contributed by atoms with Crippen LogP contribution in [0.2, 0.25) is 10.0 Å². The Morgan fingerprint density at radius 2 is 2.14 bits per heavy atom. The van der Waals surface area contributed by atoms with Gasteiger partial charge in [-0.3, -0.25) is 4.79 Å². The second-order valence-electron chi connectivity index (χ2n) is 4.31. The molecule has 0 radical (unpaired) electrons. The highest BCUT2D eigenvalue weighted by atomic mass is 35.5. The van der Waals surface area contributed by atoms with Gasteiger partial charge in [-0.05, 0) is 36.1 Å². The van der Waals surface area contributed by atoms with Crippen molar-refractivity contribution >= 4 is 46.8 Å². The maximum atomic E-state index is 11.8. The molecule has 0 aliphatic rings. The highest BCUT2D eigenvalue weighted by molar-refractivity contribution is 7.99. The van der Waals surface area contributed by atoms with E-state index in [9.17, 15) is 9.59 Å². The number of halogens is 2. The van der Waals surface area contributed by atoms with Crippen LogP contribution in [0.3, 0.4) is 0 Å². The molecule has 1 rings (SSSR count). The molecule has 1 atom stereocenters. The van der Waals surface area contributed by atoms with Crippen LogP contribution >= 0.6 is 35.0 Å². The average Bonchev–Trinajstić information content (AvgIpc) is 2.45. The van der Waals surface area contributed by atoms with Crippen LogP contribution in [0.15, 0.2) is 18.2 Å². The van der Waals surface area contributed by atoms with Crippen LogP contribution in [-0.2, 0) is 9.59 Å². The first-order chi connectivity index (χ1) is 10.4. The van der Waals surface area contributed by atoms with E-state index in [1.54, 1.807) is 23.9 Å². The molecule has 1 unspecified atom stereocenters. The van der Waals surface area contributed by atoms with Crippen molar-refractivity contribution in [3.63, 3.8) is 0 Å². The Labute approximate surface area is 143 Å². The molecule has 0 heterocycles. The molecule has 1 aromatic carbocycles. The molecular weight excluding hydrogens is 349 g/mol. The Morgan fingerprint density at radius 1 is 1.41 bits per heavy atom. The Balaban J connectivity index is 2.47. The number of benzene rings is 1. The number of hydrogen-bond donors (Lipinski definition) is 2. The molecule has 0 saturated heterocycles. The van der Waals surface area contributed by atoms with Crippen LogP contribution in [-0.4, -0.2) is 41.1 Å². The molecule has 122 valence electrons. The van der Waals surface area contributed by atoms with E-state index in [1.807, 2.05) is 6.92 Å². The third kappa shape index (κ3) is 6.77. The molecule has 8 heteroatoms. The van der Waals surface area contributed by atoms with Crippen molar-refractivity contribution in [1.29, 1.82) is 0 Å². The van der Waals surface area contributed by atoms with Crippen molar-refractivity contribution in [2.45, 2.75) is 19.4 Å². The van der Waals surface area contributed by atoms with E-state index in [4.69, 9.17) is 33.0 Å². The lowest BCUT2D eigenvalue weighted by atomic mass is 10.2. The lowest BCUT2D eigenvalue weighted by Crippen LogP contribution is -2.43. The minimum Gasteiger partial charge on any atom is -0.482 e. The second kappa shape index (κ2) is 9.82. The number of thioether (sulfide) groups is 1. The molecule has 0 spiro atoms. The first-order valence-electron chi connectivity index (χ1n) is 6.61. The highest BCUT2D eigenvalue weighted by Crippen LogP contribution is 2.27. The summed E-state index contributed by atoms with van der Waals surface area (Å²) in [5.74, 6) is 0.305. The minimum absolute atomic E-state index is 0.287. The summed E-state index contributed by atoms with van der Waals surface area (Å²) in [5.41, 5.74) is 0. The van der Waals surface area contributed by atoms with Crippen molar-refractivity contribution < 1.29 is 19.4 Å². The van der Waals surface area contributed by atoms with Gasteiger partial charge in [-0.1, -0.05) is 30.1 Å². The lowest BCUT2D eigenvalue weighted by molar-refractivity contribution is -0.142. The number of nitrogens with one attached hydrogen (secondary N) is 1. The van der Waals surface area contributed by atoms with E-state index < -0.39 is 17.9 Å². The molecule has 0 bridgehead atoms. The van der Waals surface area contributed by atoms with Crippen LogP contribution in [0.25, 0.3) is 0 Å². The quantitative estimate of drug-likeness (QED) is 0.657. The molecule has 0 saturated carbocycles. The van der Waals surface area contributed by atoms with Crippen LogP contribution in [0.1, 0.15) is 13.3 Å². The normalized spacial score (nSPS) is 11.8. The fraction of sp³-hybridized carbons (Fsp3) is 0.429. The molecule has 2 N–H and O–H groups in total. The summed E-state index contributed by atoms with van der Waals surface area (Å²) in [7, 11) is 0. The van der Waals surface area contributed by atoms with E-state index in [0.717, 1.165) is 5.75 Å². The van der Waals surface area contributed by atoms with Crippen molar-refractivity contribution in [1.82, 2.24) is 5.32 Å². The SMILES string of the molecule is CCSCCC(NC(=O)COc1ccc(Cl)cc1Cl)C(=O)O. The van der Waals surface area contributed by atoms with E-state index in [1.165, 1.54) is 6.07 Å². The number of rotatable bonds is 9. The summed E-state index contributed by atoms with van der Waals surface area (Å²) >= 11 is 13.3. The molecule has 0 aromatic heterocycles. The molecule has 0 aliphatic heterocycles. The van der Waals surface area contributed by atoms with E-state index >= 15 is 0 Å². The van der Waals surface area contributed by atoms with Crippen molar-refractivity contribution in [3.05, 3.63) is 28.2 Å². The van der Waals surface area contributed by atoms with Gasteiger partial charge in [0.15, 0.2) is 6.61 Å². The Kier molecular flexibility index (Phi) is 8.45. The van der Waals surface area contributed by atoms with Gasteiger partial charge in [0.25, 0.3) is 5.91 Å². The second-order valence-corrected chi connectivity index (χ2v) is 6.54. The summed E-state index contributed by atoms with van der Waals surface area (Å²) in [5, 5.41) is 12.3. The van der Waals surface area contributed by atoms with Gasteiger partial charge in [-0.25, -0.2) is 4.79 Å². The molecule has 0 aliphatic carbocycles. The van der Waals surface area contributed by atoms with Crippen molar-refractivity contribution in [2.75, 3.05) is 18.1 Å². The fourth-order valence-electron chi connectivity index (χ4n) is 1.57.